The lowest BCUT2D eigenvalue weighted by Gasteiger charge is -2.38. The van der Waals surface area contributed by atoms with Gasteiger partial charge in [-0.2, -0.15) is 17.5 Å². The molecule has 114 valence electrons. The summed E-state index contributed by atoms with van der Waals surface area (Å²) in [5.74, 6) is 0. The Kier molecular flexibility index (Phi) is 4.90. The standard InChI is InChI=1S/C11H21F3N2O2S/c1-10(2,3)19(17,18)16(8-11(12,13)14)9-4-6-15-7-5-9/h9,15H,4-8H2,1-3H3. The fourth-order valence-corrected chi connectivity index (χ4v) is 3.66. The molecule has 0 aromatic carbocycles. The van der Waals surface area contributed by atoms with Gasteiger partial charge in [-0.1, -0.05) is 0 Å². The normalized spacial score (nSPS) is 19.9. The molecule has 1 heterocycles. The van der Waals surface area contributed by atoms with E-state index in [4.69, 9.17) is 0 Å². The highest BCUT2D eigenvalue weighted by atomic mass is 32.2. The number of hydrogen-bond acceptors (Lipinski definition) is 3. The molecule has 8 heteroatoms. The summed E-state index contributed by atoms with van der Waals surface area (Å²) in [4.78, 5) is 0. The van der Waals surface area contributed by atoms with Crippen LogP contribution in [0.4, 0.5) is 13.2 Å². The Morgan fingerprint density at radius 2 is 1.63 bits per heavy atom. The van der Waals surface area contributed by atoms with E-state index in [1.807, 2.05) is 0 Å². The van der Waals surface area contributed by atoms with Crippen LogP contribution in [0.3, 0.4) is 0 Å². The highest BCUT2D eigenvalue weighted by Gasteiger charge is 2.45. The van der Waals surface area contributed by atoms with Crippen LogP contribution in [0.5, 0.6) is 0 Å². The molecule has 0 saturated carbocycles. The van der Waals surface area contributed by atoms with Crippen LogP contribution in [0, 0.1) is 0 Å². The summed E-state index contributed by atoms with van der Waals surface area (Å²) in [6.07, 6.45) is -3.71. The minimum Gasteiger partial charge on any atom is -0.317 e. The fraction of sp³-hybridized carbons (Fsp3) is 1.00. The van der Waals surface area contributed by atoms with Crippen LogP contribution in [0.1, 0.15) is 33.6 Å². The molecule has 1 saturated heterocycles. The Morgan fingerprint density at radius 1 is 1.16 bits per heavy atom. The van der Waals surface area contributed by atoms with E-state index >= 15 is 0 Å². The number of rotatable bonds is 3. The lowest BCUT2D eigenvalue weighted by atomic mass is 10.1. The topological polar surface area (TPSA) is 49.4 Å². The SMILES string of the molecule is CC(C)(C)S(=O)(=O)N(CC(F)(F)F)C1CCNCC1. The molecule has 0 aromatic rings. The third-order valence-corrected chi connectivity index (χ3v) is 5.73. The second-order valence-electron chi connectivity index (χ2n) is 5.76. The van der Waals surface area contributed by atoms with Crippen LogP contribution < -0.4 is 5.32 Å². The van der Waals surface area contributed by atoms with Gasteiger partial charge in [0, 0.05) is 6.04 Å². The molecule has 4 nitrogen and oxygen atoms in total. The van der Waals surface area contributed by atoms with Gasteiger partial charge in [0.1, 0.15) is 6.54 Å². The minimum atomic E-state index is -4.52. The van der Waals surface area contributed by atoms with Gasteiger partial charge in [0.25, 0.3) is 0 Å². The molecule has 0 radical (unpaired) electrons. The summed E-state index contributed by atoms with van der Waals surface area (Å²) in [6.45, 7) is 3.95. The average molecular weight is 302 g/mol. The zero-order valence-corrected chi connectivity index (χ0v) is 12.2. The molecule has 1 N–H and O–H groups in total. The number of nitrogens with zero attached hydrogens (tertiary/aromatic N) is 1. The van der Waals surface area contributed by atoms with Gasteiger partial charge in [0.15, 0.2) is 0 Å². The first-order valence-electron chi connectivity index (χ1n) is 6.24. The molecule has 0 aliphatic carbocycles. The smallest absolute Gasteiger partial charge is 0.317 e. The Bertz CT molecular complexity index is 395. The summed E-state index contributed by atoms with van der Waals surface area (Å²) >= 11 is 0. The fourth-order valence-electron chi connectivity index (χ4n) is 2.03. The molecule has 0 spiro atoms. The van der Waals surface area contributed by atoms with Crippen molar-refractivity contribution in [2.45, 2.75) is 50.6 Å². The quantitative estimate of drug-likeness (QED) is 0.864. The van der Waals surface area contributed by atoms with Crippen LogP contribution in [-0.4, -0.2) is 49.3 Å². The van der Waals surface area contributed by atoms with Crippen molar-refractivity contribution in [1.82, 2.24) is 9.62 Å². The molecule has 0 atom stereocenters. The first kappa shape index (κ1) is 16.7. The lowest BCUT2D eigenvalue weighted by molar-refractivity contribution is -0.140. The third-order valence-electron chi connectivity index (χ3n) is 3.13. The number of piperidine rings is 1. The van der Waals surface area contributed by atoms with Gasteiger partial charge in [0.05, 0.1) is 4.75 Å². The molecular formula is C11H21F3N2O2S. The van der Waals surface area contributed by atoms with E-state index in [0.717, 1.165) is 0 Å². The van der Waals surface area contributed by atoms with E-state index in [9.17, 15) is 21.6 Å². The van der Waals surface area contributed by atoms with E-state index in [1.54, 1.807) is 0 Å². The van der Waals surface area contributed by atoms with Crippen molar-refractivity contribution in [3.05, 3.63) is 0 Å². The van der Waals surface area contributed by atoms with Crippen LogP contribution in [0.15, 0.2) is 0 Å². The predicted molar refractivity (Wildman–Crippen MR) is 67.3 cm³/mol. The average Bonchev–Trinajstić information content (AvgIpc) is 2.24. The highest BCUT2D eigenvalue weighted by Crippen LogP contribution is 2.29. The van der Waals surface area contributed by atoms with Gasteiger partial charge in [-0.15, -0.1) is 0 Å². The van der Waals surface area contributed by atoms with Gasteiger partial charge in [-0.25, -0.2) is 8.42 Å². The van der Waals surface area contributed by atoms with Crippen molar-refractivity contribution in [2.24, 2.45) is 0 Å². The molecule has 19 heavy (non-hydrogen) atoms. The monoisotopic (exact) mass is 302 g/mol. The van der Waals surface area contributed by atoms with Crippen molar-refractivity contribution < 1.29 is 21.6 Å². The van der Waals surface area contributed by atoms with Gasteiger partial charge < -0.3 is 5.32 Å². The summed E-state index contributed by atoms with van der Waals surface area (Å²) in [5, 5.41) is 3.02. The van der Waals surface area contributed by atoms with Gasteiger partial charge in [-0.05, 0) is 46.7 Å². The molecule has 1 aliphatic rings. The maximum atomic E-state index is 12.7. The van der Waals surface area contributed by atoms with Gasteiger partial charge >= 0.3 is 6.18 Å². The number of hydrogen-bond donors (Lipinski definition) is 1. The zero-order valence-electron chi connectivity index (χ0n) is 11.4. The second-order valence-corrected chi connectivity index (χ2v) is 8.40. The van der Waals surface area contributed by atoms with E-state index in [-0.39, 0.29) is 0 Å². The van der Waals surface area contributed by atoms with Crippen molar-refractivity contribution in [1.29, 1.82) is 0 Å². The maximum Gasteiger partial charge on any atom is 0.402 e. The Labute approximate surface area is 112 Å². The third kappa shape index (κ3) is 4.32. The lowest BCUT2D eigenvalue weighted by Crippen LogP contribution is -2.54. The first-order chi connectivity index (χ1) is 8.45. The van der Waals surface area contributed by atoms with Crippen LogP contribution >= 0.6 is 0 Å². The number of nitrogens with one attached hydrogen (secondary N) is 1. The van der Waals surface area contributed by atoms with E-state index in [2.05, 4.69) is 5.32 Å². The van der Waals surface area contributed by atoms with Crippen LogP contribution in [0.25, 0.3) is 0 Å². The molecule has 0 unspecified atom stereocenters. The molecule has 1 fully saturated rings. The first-order valence-corrected chi connectivity index (χ1v) is 7.68. The number of halogens is 3. The van der Waals surface area contributed by atoms with Crippen LogP contribution in [0.2, 0.25) is 0 Å². The van der Waals surface area contributed by atoms with Crippen LogP contribution in [-0.2, 0) is 10.0 Å². The number of sulfonamides is 1. The molecule has 0 amide bonds. The second kappa shape index (κ2) is 5.57. The van der Waals surface area contributed by atoms with E-state index < -0.39 is 33.5 Å². The van der Waals surface area contributed by atoms with Crippen molar-refractivity contribution >= 4 is 10.0 Å². The van der Waals surface area contributed by atoms with Crippen molar-refractivity contribution in [2.75, 3.05) is 19.6 Å². The van der Waals surface area contributed by atoms with Crippen molar-refractivity contribution in [3.63, 3.8) is 0 Å². The zero-order chi connectivity index (χ0) is 14.9. The molecule has 1 aliphatic heterocycles. The summed E-state index contributed by atoms with van der Waals surface area (Å²) in [5.41, 5.74) is 0. The van der Waals surface area contributed by atoms with E-state index in [0.29, 0.717) is 30.2 Å². The van der Waals surface area contributed by atoms with Crippen molar-refractivity contribution in [3.8, 4) is 0 Å². The largest absolute Gasteiger partial charge is 0.402 e. The highest BCUT2D eigenvalue weighted by molar-refractivity contribution is 7.90. The Morgan fingerprint density at radius 3 is 2.00 bits per heavy atom. The molecule has 0 bridgehead atoms. The van der Waals surface area contributed by atoms with E-state index in [1.165, 1.54) is 20.8 Å². The number of alkyl halides is 3. The molecule has 1 rings (SSSR count). The summed E-state index contributed by atoms with van der Waals surface area (Å²) in [6, 6.07) is -0.577. The summed E-state index contributed by atoms with van der Waals surface area (Å²) in [7, 11) is -3.99. The Hall–Kier alpha value is -0.340. The predicted octanol–water partition coefficient (Wildman–Crippen LogP) is 1.73. The molecular weight excluding hydrogens is 281 g/mol. The maximum absolute atomic E-state index is 12.7. The van der Waals surface area contributed by atoms with Gasteiger partial charge in [-0.3, -0.25) is 0 Å². The Balaban J connectivity index is 3.05. The summed E-state index contributed by atoms with van der Waals surface area (Å²) < 4.78 is 62.1. The minimum absolute atomic E-state index is 0.408. The van der Waals surface area contributed by atoms with Gasteiger partial charge in [0.2, 0.25) is 10.0 Å². The molecule has 0 aromatic heterocycles.